The van der Waals surface area contributed by atoms with E-state index in [0.29, 0.717) is 27.9 Å². The number of halogens is 1. The Morgan fingerprint density at radius 3 is 2.91 bits per heavy atom. The van der Waals surface area contributed by atoms with Gasteiger partial charge in [0, 0.05) is 10.0 Å². The van der Waals surface area contributed by atoms with Crippen molar-refractivity contribution in [1.29, 1.82) is 0 Å². The standard InChI is InChI=1S/C15H16BrN3O3S/c1-4-11-13(14(20)22-3)23-15(18-11)19-17-8-9-7-10(16)5-6-12(9)21-2/h5-8H,4H2,1-3H3,(H,18,19)/b17-8-. The number of ether oxygens (including phenoxy) is 2. The first-order valence-electron chi connectivity index (χ1n) is 6.79. The number of esters is 1. The number of thiazole rings is 1. The van der Waals surface area contributed by atoms with Gasteiger partial charge in [-0.1, -0.05) is 34.2 Å². The number of nitrogens with zero attached hydrogens (tertiary/aromatic N) is 2. The zero-order chi connectivity index (χ0) is 16.8. The van der Waals surface area contributed by atoms with Crippen molar-refractivity contribution in [3.05, 3.63) is 38.8 Å². The van der Waals surface area contributed by atoms with Crippen LogP contribution >= 0.6 is 27.3 Å². The molecule has 122 valence electrons. The molecular formula is C15H16BrN3O3S. The van der Waals surface area contributed by atoms with Crippen LogP contribution < -0.4 is 10.2 Å². The third-order valence-corrected chi connectivity index (χ3v) is 4.43. The Labute approximate surface area is 146 Å². The zero-order valence-electron chi connectivity index (χ0n) is 12.9. The Balaban J connectivity index is 2.16. The highest BCUT2D eigenvalue weighted by Crippen LogP contribution is 2.25. The number of rotatable bonds is 6. The average Bonchev–Trinajstić information content (AvgIpc) is 2.97. The number of carbonyl (C=O) groups excluding carboxylic acids is 1. The fourth-order valence-electron chi connectivity index (χ4n) is 1.85. The van der Waals surface area contributed by atoms with Gasteiger partial charge in [0.25, 0.3) is 0 Å². The second-order valence-electron chi connectivity index (χ2n) is 4.40. The largest absolute Gasteiger partial charge is 0.496 e. The third kappa shape index (κ3) is 4.29. The van der Waals surface area contributed by atoms with E-state index in [4.69, 9.17) is 9.47 Å². The van der Waals surface area contributed by atoms with Gasteiger partial charge < -0.3 is 9.47 Å². The van der Waals surface area contributed by atoms with Gasteiger partial charge in [0.2, 0.25) is 5.13 Å². The molecule has 0 aliphatic carbocycles. The molecule has 2 rings (SSSR count). The van der Waals surface area contributed by atoms with Crippen LogP contribution in [0.3, 0.4) is 0 Å². The highest BCUT2D eigenvalue weighted by atomic mass is 79.9. The molecule has 0 amide bonds. The molecule has 1 N–H and O–H groups in total. The molecule has 0 saturated heterocycles. The number of methoxy groups -OCH3 is 2. The molecule has 0 aliphatic heterocycles. The van der Waals surface area contributed by atoms with Gasteiger partial charge in [-0.25, -0.2) is 9.78 Å². The summed E-state index contributed by atoms with van der Waals surface area (Å²) in [6, 6.07) is 5.63. The van der Waals surface area contributed by atoms with Gasteiger partial charge >= 0.3 is 5.97 Å². The Kier molecular flexibility index (Phi) is 6.12. The summed E-state index contributed by atoms with van der Waals surface area (Å²) in [4.78, 5) is 16.5. The summed E-state index contributed by atoms with van der Waals surface area (Å²) >= 11 is 4.62. The van der Waals surface area contributed by atoms with E-state index in [9.17, 15) is 4.79 Å². The van der Waals surface area contributed by atoms with Crippen LogP contribution in [0, 0.1) is 0 Å². The lowest BCUT2D eigenvalue weighted by Crippen LogP contribution is -2.01. The molecule has 0 atom stereocenters. The molecule has 0 saturated carbocycles. The second-order valence-corrected chi connectivity index (χ2v) is 6.31. The van der Waals surface area contributed by atoms with Crippen LogP contribution in [-0.2, 0) is 11.2 Å². The van der Waals surface area contributed by atoms with Gasteiger partial charge in [-0.2, -0.15) is 5.10 Å². The Hall–Kier alpha value is -1.93. The molecule has 0 bridgehead atoms. The van der Waals surface area contributed by atoms with Crippen LogP contribution in [0.15, 0.2) is 27.8 Å². The molecule has 0 radical (unpaired) electrons. The first-order chi connectivity index (χ1) is 11.1. The van der Waals surface area contributed by atoms with E-state index in [1.807, 2.05) is 25.1 Å². The maximum Gasteiger partial charge on any atom is 0.350 e. The normalized spacial score (nSPS) is 10.8. The number of anilines is 1. The molecule has 2 aromatic rings. The SMILES string of the molecule is CCc1nc(N/N=C\c2cc(Br)ccc2OC)sc1C(=O)OC. The molecule has 8 heteroatoms. The highest BCUT2D eigenvalue weighted by molar-refractivity contribution is 9.10. The van der Waals surface area contributed by atoms with Crippen LogP contribution in [0.4, 0.5) is 5.13 Å². The quantitative estimate of drug-likeness (QED) is 0.456. The maximum absolute atomic E-state index is 11.7. The molecule has 1 heterocycles. The fourth-order valence-corrected chi connectivity index (χ4v) is 3.16. The lowest BCUT2D eigenvalue weighted by atomic mass is 10.2. The minimum absolute atomic E-state index is 0.384. The number of hydrogen-bond acceptors (Lipinski definition) is 7. The lowest BCUT2D eigenvalue weighted by Gasteiger charge is -2.04. The first kappa shape index (κ1) is 17.4. The number of aromatic nitrogens is 1. The molecule has 1 aromatic heterocycles. The van der Waals surface area contributed by atoms with Gasteiger partial charge in [-0.05, 0) is 24.6 Å². The smallest absolute Gasteiger partial charge is 0.350 e. The molecule has 0 unspecified atom stereocenters. The van der Waals surface area contributed by atoms with Crippen LogP contribution in [0.25, 0.3) is 0 Å². The first-order valence-corrected chi connectivity index (χ1v) is 8.40. The van der Waals surface area contributed by atoms with Crippen LogP contribution in [-0.4, -0.2) is 31.4 Å². The number of nitrogens with one attached hydrogen (secondary N) is 1. The number of aryl methyl sites for hydroxylation is 1. The highest BCUT2D eigenvalue weighted by Gasteiger charge is 2.17. The molecule has 0 spiro atoms. The number of hydrogen-bond donors (Lipinski definition) is 1. The van der Waals surface area contributed by atoms with Gasteiger partial charge in [-0.3, -0.25) is 5.43 Å². The van der Waals surface area contributed by atoms with E-state index in [0.717, 1.165) is 10.0 Å². The van der Waals surface area contributed by atoms with Crippen molar-refractivity contribution in [2.24, 2.45) is 5.10 Å². The molecule has 0 aliphatic rings. The van der Waals surface area contributed by atoms with Crippen LogP contribution in [0.2, 0.25) is 0 Å². The topological polar surface area (TPSA) is 72.8 Å². The van der Waals surface area contributed by atoms with E-state index in [2.05, 4.69) is 31.4 Å². The lowest BCUT2D eigenvalue weighted by molar-refractivity contribution is 0.0605. The van der Waals surface area contributed by atoms with Crippen LogP contribution in [0.5, 0.6) is 5.75 Å². The minimum Gasteiger partial charge on any atom is -0.496 e. The van der Waals surface area contributed by atoms with Gasteiger partial charge in [0.15, 0.2) is 0 Å². The van der Waals surface area contributed by atoms with Crippen molar-refractivity contribution in [3.63, 3.8) is 0 Å². The van der Waals surface area contributed by atoms with Gasteiger partial charge in [-0.15, -0.1) is 0 Å². The molecular weight excluding hydrogens is 382 g/mol. The van der Waals surface area contributed by atoms with E-state index in [-0.39, 0.29) is 5.97 Å². The Bertz CT molecular complexity index is 731. The van der Waals surface area contributed by atoms with E-state index >= 15 is 0 Å². The van der Waals surface area contributed by atoms with Crippen molar-refractivity contribution in [3.8, 4) is 5.75 Å². The van der Waals surface area contributed by atoms with Crippen molar-refractivity contribution in [2.75, 3.05) is 19.6 Å². The number of benzene rings is 1. The Morgan fingerprint density at radius 2 is 2.26 bits per heavy atom. The molecule has 0 fully saturated rings. The van der Waals surface area contributed by atoms with Crippen LogP contribution in [0.1, 0.15) is 27.9 Å². The Morgan fingerprint density at radius 1 is 1.48 bits per heavy atom. The number of carbonyl (C=O) groups is 1. The summed E-state index contributed by atoms with van der Waals surface area (Å²) in [5.41, 5.74) is 4.34. The predicted octanol–water partition coefficient (Wildman–Crippen LogP) is 3.71. The monoisotopic (exact) mass is 397 g/mol. The number of hydrazone groups is 1. The summed E-state index contributed by atoms with van der Waals surface area (Å²) < 4.78 is 11.0. The van der Waals surface area contributed by atoms with Gasteiger partial charge in [0.1, 0.15) is 10.6 Å². The molecule has 6 nitrogen and oxygen atoms in total. The summed E-state index contributed by atoms with van der Waals surface area (Å²) in [6.07, 6.45) is 2.28. The van der Waals surface area contributed by atoms with Crippen molar-refractivity contribution in [2.45, 2.75) is 13.3 Å². The van der Waals surface area contributed by atoms with E-state index in [1.165, 1.54) is 18.4 Å². The second kappa shape index (κ2) is 8.07. The predicted molar refractivity (Wildman–Crippen MR) is 94.7 cm³/mol. The maximum atomic E-state index is 11.7. The van der Waals surface area contributed by atoms with Crippen molar-refractivity contribution in [1.82, 2.24) is 4.98 Å². The van der Waals surface area contributed by atoms with Gasteiger partial charge in [0.05, 0.1) is 26.1 Å². The summed E-state index contributed by atoms with van der Waals surface area (Å²) in [5, 5.41) is 4.69. The van der Waals surface area contributed by atoms with E-state index < -0.39 is 0 Å². The molecule has 1 aromatic carbocycles. The zero-order valence-corrected chi connectivity index (χ0v) is 15.3. The average molecular weight is 398 g/mol. The van der Waals surface area contributed by atoms with E-state index in [1.54, 1.807) is 13.3 Å². The third-order valence-electron chi connectivity index (χ3n) is 2.96. The summed E-state index contributed by atoms with van der Waals surface area (Å²) in [7, 11) is 2.96. The minimum atomic E-state index is -0.384. The summed E-state index contributed by atoms with van der Waals surface area (Å²) in [6.45, 7) is 1.93. The molecule has 23 heavy (non-hydrogen) atoms. The van der Waals surface area contributed by atoms with Crippen molar-refractivity contribution < 1.29 is 14.3 Å². The fraction of sp³-hybridized carbons (Fsp3) is 0.267. The summed E-state index contributed by atoms with van der Waals surface area (Å²) in [5.74, 6) is 0.326. The van der Waals surface area contributed by atoms with Crippen molar-refractivity contribution >= 4 is 44.6 Å².